The van der Waals surface area contributed by atoms with Crippen LogP contribution in [0.15, 0.2) is 24.3 Å². The van der Waals surface area contributed by atoms with E-state index in [9.17, 15) is 0 Å². The van der Waals surface area contributed by atoms with Gasteiger partial charge in [-0.15, -0.1) is 0 Å². The molecular weight excluding hydrogens is 191 g/mol. The number of rotatable bonds is 6. The molecule has 0 aliphatic rings. The highest BCUT2D eigenvalue weighted by Gasteiger charge is 1.94. The molecule has 14 heavy (non-hydrogen) atoms. The first-order chi connectivity index (χ1) is 6.86. The van der Waals surface area contributed by atoms with Gasteiger partial charge in [-0.1, -0.05) is 38.3 Å². The summed E-state index contributed by atoms with van der Waals surface area (Å²) in [7, 11) is 2.26. The first-order valence-corrected chi connectivity index (χ1v) is 5.79. The van der Waals surface area contributed by atoms with E-state index in [-0.39, 0.29) is 0 Å². The van der Waals surface area contributed by atoms with Crippen molar-refractivity contribution in [3.05, 3.63) is 29.8 Å². The average Bonchev–Trinajstić information content (AvgIpc) is 2.25. The molecule has 1 unspecified atom stereocenters. The number of aryl methyl sites for hydroxylation is 1. The van der Waals surface area contributed by atoms with Crippen molar-refractivity contribution in [2.45, 2.75) is 39.0 Å². The maximum absolute atomic E-state index is 5.03. The molecule has 78 valence electrons. The third kappa shape index (κ3) is 4.11. The van der Waals surface area contributed by atoms with E-state index < -0.39 is 0 Å². The Balaban J connectivity index is 2.29. The molecular formula is C12H19OP. The van der Waals surface area contributed by atoms with Gasteiger partial charge in [0.05, 0.1) is 9.47 Å². The van der Waals surface area contributed by atoms with Crippen molar-refractivity contribution < 1.29 is 4.52 Å². The maximum atomic E-state index is 5.03. The standard InChI is InChI=1S/C12H19OP/c1-2-3-4-5-6-11-7-9-12(13-14)10-8-11/h7-10H,2-6,14H2,1H3. The topological polar surface area (TPSA) is 9.23 Å². The van der Waals surface area contributed by atoms with Crippen molar-refractivity contribution >= 4 is 9.47 Å². The van der Waals surface area contributed by atoms with Gasteiger partial charge in [0.2, 0.25) is 0 Å². The molecule has 0 saturated heterocycles. The number of unbranched alkanes of at least 4 members (excludes halogenated alkanes) is 3. The van der Waals surface area contributed by atoms with E-state index in [2.05, 4.69) is 28.5 Å². The van der Waals surface area contributed by atoms with Gasteiger partial charge in [0.1, 0.15) is 5.75 Å². The second-order valence-electron chi connectivity index (χ2n) is 3.57. The molecule has 1 aromatic rings. The number of hydrogen-bond donors (Lipinski definition) is 0. The van der Waals surface area contributed by atoms with Crippen LogP contribution in [0.4, 0.5) is 0 Å². The minimum atomic E-state index is 0.910. The van der Waals surface area contributed by atoms with E-state index in [0.717, 1.165) is 5.75 Å². The second-order valence-corrected chi connectivity index (χ2v) is 3.81. The Hall–Kier alpha value is -0.550. The SMILES string of the molecule is CCCCCCc1ccc(OP)cc1. The fraction of sp³-hybridized carbons (Fsp3) is 0.500. The maximum Gasteiger partial charge on any atom is 0.122 e. The highest BCUT2D eigenvalue weighted by atomic mass is 31.0. The van der Waals surface area contributed by atoms with Gasteiger partial charge in [0.15, 0.2) is 0 Å². The molecule has 0 heterocycles. The highest BCUT2D eigenvalue weighted by Crippen LogP contribution is 2.15. The molecule has 0 radical (unpaired) electrons. The van der Waals surface area contributed by atoms with Crippen LogP contribution in [0, 0.1) is 0 Å². The zero-order valence-electron chi connectivity index (χ0n) is 8.83. The van der Waals surface area contributed by atoms with E-state index in [1.807, 2.05) is 12.1 Å². The third-order valence-electron chi connectivity index (χ3n) is 2.38. The molecule has 0 fully saturated rings. The summed E-state index contributed by atoms with van der Waals surface area (Å²) >= 11 is 0. The van der Waals surface area contributed by atoms with Gasteiger partial charge in [-0.25, -0.2) is 0 Å². The normalized spacial score (nSPS) is 10.1. The summed E-state index contributed by atoms with van der Waals surface area (Å²) in [6.45, 7) is 2.24. The molecule has 2 heteroatoms. The van der Waals surface area contributed by atoms with Crippen molar-refractivity contribution in [2.75, 3.05) is 0 Å². The molecule has 0 N–H and O–H groups in total. The molecule has 1 atom stereocenters. The molecule has 1 aromatic carbocycles. The first kappa shape index (κ1) is 11.5. The predicted octanol–water partition coefficient (Wildman–Crippen LogP) is 3.98. The Morgan fingerprint density at radius 3 is 2.36 bits per heavy atom. The van der Waals surface area contributed by atoms with Crippen LogP contribution in [0.1, 0.15) is 38.2 Å². The Morgan fingerprint density at radius 2 is 1.79 bits per heavy atom. The summed E-state index contributed by atoms with van der Waals surface area (Å²) in [6.07, 6.45) is 6.50. The lowest BCUT2D eigenvalue weighted by molar-refractivity contribution is 0.643. The number of hydrogen-bond acceptors (Lipinski definition) is 1. The fourth-order valence-electron chi connectivity index (χ4n) is 1.49. The lowest BCUT2D eigenvalue weighted by atomic mass is 10.1. The van der Waals surface area contributed by atoms with Gasteiger partial charge < -0.3 is 4.52 Å². The monoisotopic (exact) mass is 210 g/mol. The minimum absolute atomic E-state index is 0.910. The van der Waals surface area contributed by atoms with Gasteiger partial charge in [0, 0.05) is 0 Å². The van der Waals surface area contributed by atoms with Crippen molar-refractivity contribution in [2.24, 2.45) is 0 Å². The van der Waals surface area contributed by atoms with Crippen LogP contribution in [0.5, 0.6) is 5.75 Å². The summed E-state index contributed by atoms with van der Waals surface area (Å²) in [5.74, 6) is 0.910. The smallest absolute Gasteiger partial charge is 0.122 e. The predicted molar refractivity (Wildman–Crippen MR) is 64.6 cm³/mol. The van der Waals surface area contributed by atoms with Crippen LogP contribution < -0.4 is 4.52 Å². The Kier molecular flexibility index (Phi) is 5.63. The fourth-order valence-corrected chi connectivity index (χ4v) is 1.65. The quantitative estimate of drug-likeness (QED) is 0.509. The molecule has 0 spiro atoms. The van der Waals surface area contributed by atoms with Crippen LogP contribution in [0.2, 0.25) is 0 Å². The molecule has 1 rings (SSSR count). The summed E-state index contributed by atoms with van der Waals surface area (Å²) in [6, 6.07) is 8.32. The Labute approximate surface area is 89.2 Å². The second kappa shape index (κ2) is 6.84. The minimum Gasteiger partial charge on any atom is -0.480 e. The zero-order valence-corrected chi connectivity index (χ0v) is 9.99. The molecule has 0 aliphatic heterocycles. The third-order valence-corrected chi connectivity index (χ3v) is 2.65. The van der Waals surface area contributed by atoms with E-state index >= 15 is 0 Å². The average molecular weight is 210 g/mol. The van der Waals surface area contributed by atoms with Crippen LogP contribution >= 0.6 is 9.47 Å². The largest absolute Gasteiger partial charge is 0.480 e. The van der Waals surface area contributed by atoms with Crippen LogP contribution in [-0.4, -0.2) is 0 Å². The van der Waals surface area contributed by atoms with Gasteiger partial charge in [-0.3, -0.25) is 0 Å². The Morgan fingerprint density at radius 1 is 1.07 bits per heavy atom. The van der Waals surface area contributed by atoms with Gasteiger partial charge in [-0.2, -0.15) is 0 Å². The van der Waals surface area contributed by atoms with Crippen LogP contribution in [0.25, 0.3) is 0 Å². The highest BCUT2D eigenvalue weighted by molar-refractivity contribution is 7.10. The summed E-state index contributed by atoms with van der Waals surface area (Å²) < 4.78 is 5.03. The van der Waals surface area contributed by atoms with Crippen molar-refractivity contribution in [3.63, 3.8) is 0 Å². The van der Waals surface area contributed by atoms with Gasteiger partial charge in [-0.05, 0) is 30.5 Å². The van der Waals surface area contributed by atoms with Gasteiger partial charge >= 0.3 is 0 Å². The van der Waals surface area contributed by atoms with Crippen molar-refractivity contribution in [1.29, 1.82) is 0 Å². The lowest BCUT2D eigenvalue weighted by Gasteiger charge is -2.02. The molecule has 1 nitrogen and oxygen atoms in total. The summed E-state index contributed by atoms with van der Waals surface area (Å²) in [5.41, 5.74) is 1.41. The molecule has 0 aliphatic carbocycles. The van der Waals surface area contributed by atoms with Crippen molar-refractivity contribution in [1.82, 2.24) is 0 Å². The first-order valence-electron chi connectivity index (χ1n) is 5.32. The van der Waals surface area contributed by atoms with Crippen LogP contribution in [-0.2, 0) is 6.42 Å². The van der Waals surface area contributed by atoms with E-state index in [1.165, 1.54) is 37.7 Å². The zero-order chi connectivity index (χ0) is 10.2. The molecule has 0 bridgehead atoms. The summed E-state index contributed by atoms with van der Waals surface area (Å²) in [4.78, 5) is 0. The van der Waals surface area contributed by atoms with Gasteiger partial charge in [0.25, 0.3) is 0 Å². The summed E-state index contributed by atoms with van der Waals surface area (Å²) in [5, 5.41) is 0. The van der Waals surface area contributed by atoms with E-state index in [4.69, 9.17) is 4.52 Å². The molecule has 0 saturated carbocycles. The van der Waals surface area contributed by atoms with Crippen LogP contribution in [0.3, 0.4) is 0 Å². The molecule has 0 amide bonds. The lowest BCUT2D eigenvalue weighted by Crippen LogP contribution is -1.85. The Bertz CT molecular complexity index is 243. The van der Waals surface area contributed by atoms with Crippen molar-refractivity contribution in [3.8, 4) is 5.75 Å². The van der Waals surface area contributed by atoms with E-state index in [0.29, 0.717) is 0 Å². The van der Waals surface area contributed by atoms with E-state index in [1.54, 1.807) is 0 Å². The molecule has 0 aromatic heterocycles. The number of benzene rings is 1.